The summed E-state index contributed by atoms with van der Waals surface area (Å²) in [5, 5.41) is 8.78. The molecule has 0 atom stereocenters. The van der Waals surface area contributed by atoms with Crippen LogP contribution in [0.25, 0.3) is 0 Å². The van der Waals surface area contributed by atoms with Crippen molar-refractivity contribution < 1.29 is 0 Å². The van der Waals surface area contributed by atoms with Crippen LogP contribution in [-0.2, 0) is 12.8 Å². The number of azo groups is 1. The highest BCUT2D eigenvalue weighted by molar-refractivity contribution is 5.55. The van der Waals surface area contributed by atoms with Crippen molar-refractivity contribution in [1.29, 1.82) is 0 Å². The van der Waals surface area contributed by atoms with Gasteiger partial charge in [0, 0.05) is 5.69 Å². The maximum Gasteiger partial charge on any atom is 0.0890 e. The van der Waals surface area contributed by atoms with Crippen molar-refractivity contribution in [3.05, 3.63) is 53.6 Å². The van der Waals surface area contributed by atoms with Crippen LogP contribution in [0.5, 0.6) is 0 Å². The van der Waals surface area contributed by atoms with Gasteiger partial charge in [0.15, 0.2) is 0 Å². The van der Waals surface area contributed by atoms with Gasteiger partial charge in [0.25, 0.3) is 0 Å². The van der Waals surface area contributed by atoms with Crippen LogP contribution in [0.3, 0.4) is 0 Å². The molecule has 0 aliphatic rings. The van der Waals surface area contributed by atoms with Crippen LogP contribution < -0.4 is 5.73 Å². The van der Waals surface area contributed by atoms with Crippen molar-refractivity contribution in [2.75, 3.05) is 5.73 Å². The molecule has 0 unspecified atom stereocenters. The van der Waals surface area contributed by atoms with Crippen LogP contribution in [-0.4, -0.2) is 0 Å². The van der Waals surface area contributed by atoms with Crippen LogP contribution in [0, 0.1) is 0 Å². The molecule has 21 heavy (non-hydrogen) atoms. The maximum atomic E-state index is 5.85. The van der Waals surface area contributed by atoms with Gasteiger partial charge in [0.1, 0.15) is 0 Å². The average molecular weight is 281 g/mol. The fraction of sp³-hybridized carbons (Fsp3) is 0.333. The minimum Gasteiger partial charge on any atom is -0.399 e. The molecule has 0 amide bonds. The van der Waals surface area contributed by atoms with E-state index in [1.165, 1.54) is 5.56 Å². The van der Waals surface area contributed by atoms with E-state index in [-0.39, 0.29) is 0 Å². The smallest absolute Gasteiger partial charge is 0.0890 e. The molecule has 2 rings (SSSR count). The number of hydrogen-bond acceptors (Lipinski definition) is 3. The third kappa shape index (κ3) is 4.42. The van der Waals surface area contributed by atoms with Gasteiger partial charge in [-0.15, -0.1) is 0 Å². The Morgan fingerprint density at radius 1 is 0.905 bits per heavy atom. The van der Waals surface area contributed by atoms with E-state index < -0.39 is 0 Å². The highest BCUT2D eigenvalue weighted by Gasteiger charge is 2.02. The van der Waals surface area contributed by atoms with Crippen molar-refractivity contribution in [3.63, 3.8) is 0 Å². The molecule has 0 aliphatic carbocycles. The molecule has 0 aliphatic heterocycles. The molecule has 2 aromatic carbocycles. The molecule has 0 saturated carbocycles. The van der Waals surface area contributed by atoms with Gasteiger partial charge < -0.3 is 5.73 Å². The van der Waals surface area contributed by atoms with Gasteiger partial charge in [-0.25, -0.2) is 0 Å². The number of nitrogens with zero attached hydrogens (tertiary/aromatic N) is 2. The zero-order valence-corrected chi connectivity index (χ0v) is 12.8. The van der Waals surface area contributed by atoms with E-state index in [0.29, 0.717) is 0 Å². The molecule has 110 valence electrons. The number of aryl methyl sites for hydroxylation is 2. The summed E-state index contributed by atoms with van der Waals surface area (Å²) in [6.07, 6.45) is 4.25. The van der Waals surface area contributed by atoms with Crippen molar-refractivity contribution in [1.82, 2.24) is 0 Å². The molecule has 0 aromatic heterocycles. The Kier molecular flexibility index (Phi) is 5.50. The number of benzene rings is 2. The van der Waals surface area contributed by atoms with Crippen molar-refractivity contribution >= 4 is 17.1 Å². The summed E-state index contributed by atoms with van der Waals surface area (Å²) in [4.78, 5) is 0. The second-order valence-electron chi connectivity index (χ2n) is 5.26. The standard InChI is InChI=1S/C18H23N3/c1-3-6-14-8-5-9-17(12-14)20-21-18-11-10-16(19)13-15(18)7-4-2/h5,8-13H,3-4,6-7,19H2,1-2H3/b21-20+. The molecule has 0 saturated heterocycles. The lowest BCUT2D eigenvalue weighted by Gasteiger charge is -2.05. The third-order valence-corrected chi connectivity index (χ3v) is 3.35. The van der Waals surface area contributed by atoms with Crippen LogP contribution in [0.2, 0.25) is 0 Å². The minimum atomic E-state index is 0.780. The predicted octanol–water partition coefficient (Wildman–Crippen LogP) is 5.59. The monoisotopic (exact) mass is 281 g/mol. The fourth-order valence-electron chi connectivity index (χ4n) is 2.35. The summed E-state index contributed by atoms with van der Waals surface area (Å²) in [6.45, 7) is 4.33. The second kappa shape index (κ2) is 7.58. The first kappa shape index (κ1) is 15.2. The van der Waals surface area contributed by atoms with Gasteiger partial charge in [-0.3, -0.25) is 0 Å². The van der Waals surface area contributed by atoms with E-state index >= 15 is 0 Å². The van der Waals surface area contributed by atoms with Gasteiger partial charge in [-0.2, -0.15) is 10.2 Å². The first-order valence-electron chi connectivity index (χ1n) is 7.62. The van der Waals surface area contributed by atoms with Gasteiger partial charge >= 0.3 is 0 Å². The minimum absolute atomic E-state index is 0.780. The Morgan fingerprint density at radius 3 is 2.48 bits per heavy atom. The fourth-order valence-corrected chi connectivity index (χ4v) is 2.35. The SMILES string of the molecule is CCCc1cccc(/N=N/c2ccc(N)cc2CCC)c1. The molecule has 2 aromatic rings. The molecule has 0 spiro atoms. The maximum absolute atomic E-state index is 5.85. The number of rotatable bonds is 6. The zero-order valence-electron chi connectivity index (χ0n) is 12.8. The molecular weight excluding hydrogens is 258 g/mol. The summed E-state index contributed by atoms with van der Waals surface area (Å²) in [7, 11) is 0. The first-order chi connectivity index (χ1) is 10.2. The summed E-state index contributed by atoms with van der Waals surface area (Å²) in [6, 6.07) is 14.1. The van der Waals surface area contributed by atoms with Crippen molar-refractivity contribution in [2.24, 2.45) is 10.2 Å². The highest BCUT2D eigenvalue weighted by Crippen LogP contribution is 2.26. The van der Waals surface area contributed by atoms with Gasteiger partial charge in [-0.1, -0.05) is 38.8 Å². The van der Waals surface area contributed by atoms with E-state index in [4.69, 9.17) is 5.73 Å². The Hall–Kier alpha value is -2.16. The number of anilines is 1. The second-order valence-corrected chi connectivity index (χ2v) is 5.26. The normalized spacial score (nSPS) is 11.1. The Bertz CT molecular complexity index is 618. The molecule has 2 N–H and O–H groups in total. The van der Waals surface area contributed by atoms with Crippen LogP contribution in [0.1, 0.15) is 37.8 Å². The van der Waals surface area contributed by atoms with Crippen LogP contribution in [0.15, 0.2) is 52.7 Å². The van der Waals surface area contributed by atoms with E-state index in [2.05, 4.69) is 36.2 Å². The summed E-state index contributed by atoms with van der Waals surface area (Å²) >= 11 is 0. The molecule has 0 fully saturated rings. The third-order valence-electron chi connectivity index (χ3n) is 3.35. The number of nitrogens with two attached hydrogens (primary N) is 1. The van der Waals surface area contributed by atoms with Crippen LogP contribution in [0.4, 0.5) is 17.1 Å². The van der Waals surface area contributed by atoms with Crippen LogP contribution >= 0.6 is 0 Å². The molecule has 3 nitrogen and oxygen atoms in total. The molecular formula is C18H23N3. The van der Waals surface area contributed by atoms with E-state index in [1.54, 1.807) is 0 Å². The molecule has 3 heteroatoms. The average Bonchev–Trinajstić information content (AvgIpc) is 2.48. The number of hydrogen-bond donors (Lipinski definition) is 1. The first-order valence-corrected chi connectivity index (χ1v) is 7.62. The van der Waals surface area contributed by atoms with Gasteiger partial charge in [0.05, 0.1) is 11.4 Å². The highest BCUT2D eigenvalue weighted by atomic mass is 15.1. The Balaban J connectivity index is 2.22. The predicted molar refractivity (Wildman–Crippen MR) is 89.5 cm³/mol. The van der Waals surface area contributed by atoms with Crippen molar-refractivity contribution in [2.45, 2.75) is 39.5 Å². The van der Waals surface area contributed by atoms with Crippen molar-refractivity contribution in [3.8, 4) is 0 Å². The number of nitrogen functional groups attached to an aromatic ring is 1. The summed E-state index contributed by atoms with van der Waals surface area (Å²) < 4.78 is 0. The van der Waals surface area contributed by atoms with Gasteiger partial charge in [0.2, 0.25) is 0 Å². The Labute approximate surface area is 126 Å². The van der Waals surface area contributed by atoms with E-state index in [1.807, 2.05) is 30.3 Å². The van der Waals surface area contributed by atoms with Gasteiger partial charge in [-0.05, 0) is 54.3 Å². The Morgan fingerprint density at radius 2 is 1.71 bits per heavy atom. The molecule has 0 heterocycles. The summed E-state index contributed by atoms with van der Waals surface area (Å²) in [5.74, 6) is 0. The van der Waals surface area contributed by atoms with E-state index in [9.17, 15) is 0 Å². The lowest BCUT2D eigenvalue weighted by molar-refractivity contribution is 0.917. The largest absolute Gasteiger partial charge is 0.399 e. The lowest BCUT2D eigenvalue weighted by atomic mass is 10.1. The molecule has 0 radical (unpaired) electrons. The lowest BCUT2D eigenvalue weighted by Crippen LogP contribution is -1.89. The topological polar surface area (TPSA) is 50.7 Å². The molecule has 0 bridgehead atoms. The quantitative estimate of drug-likeness (QED) is 0.544. The van der Waals surface area contributed by atoms with E-state index in [0.717, 1.165) is 48.3 Å². The zero-order chi connectivity index (χ0) is 15.1. The summed E-state index contributed by atoms with van der Waals surface area (Å²) in [5.41, 5.74) is 10.9.